The molecule has 0 amide bonds. The fourth-order valence-corrected chi connectivity index (χ4v) is 1.90. The van der Waals surface area contributed by atoms with E-state index in [-0.39, 0.29) is 5.82 Å². The van der Waals surface area contributed by atoms with Gasteiger partial charge in [0.05, 0.1) is 0 Å². The van der Waals surface area contributed by atoms with Gasteiger partial charge in [-0.25, -0.2) is 4.39 Å². The number of nitrogens with two attached hydrogens (primary N) is 1. The Hall–Kier alpha value is -1.23. The van der Waals surface area contributed by atoms with Crippen LogP contribution in [0.15, 0.2) is 23.2 Å². The fourth-order valence-electron chi connectivity index (χ4n) is 1.32. The molecule has 0 saturated heterocycles. The van der Waals surface area contributed by atoms with Gasteiger partial charge in [0.25, 0.3) is 0 Å². The van der Waals surface area contributed by atoms with Crippen LogP contribution in [0.3, 0.4) is 0 Å². The first-order valence-electron chi connectivity index (χ1n) is 4.89. The number of hydrogen-bond acceptors (Lipinski definition) is 2. The van der Waals surface area contributed by atoms with E-state index in [1.165, 1.54) is 6.07 Å². The number of guanidine groups is 1. The normalized spacial score (nSPS) is 11.6. The smallest absolute Gasteiger partial charge is 0.188 e. The average molecular weight is 241 g/mol. The van der Waals surface area contributed by atoms with Gasteiger partial charge in [-0.3, -0.25) is 4.99 Å². The number of benzene rings is 1. The Bertz CT molecular complexity index is 379. The highest BCUT2D eigenvalue weighted by molar-refractivity contribution is 7.97. The highest BCUT2D eigenvalue weighted by Gasteiger charge is 2.04. The van der Waals surface area contributed by atoms with Crippen molar-refractivity contribution in [3.63, 3.8) is 0 Å². The van der Waals surface area contributed by atoms with E-state index in [1.54, 1.807) is 30.9 Å². The van der Waals surface area contributed by atoms with Crippen LogP contribution in [0.5, 0.6) is 0 Å². The molecule has 0 heterocycles. The molecule has 5 heteroatoms. The molecular weight excluding hydrogens is 225 g/mol. The van der Waals surface area contributed by atoms with Gasteiger partial charge in [-0.15, -0.1) is 0 Å². The lowest BCUT2D eigenvalue weighted by molar-refractivity contribution is 0.625. The Morgan fingerprint density at radius 1 is 1.50 bits per heavy atom. The van der Waals surface area contributed by atoms with Crippen LogP contribution in [0.4, 0.5) is 4.39 Å². The molecule has 16 heavy (non-hydrogen) atoms. The lowest BCUT2D eigenvalue weighted by atomic mass is 10.1. The van der Waals surface area contributed by atoms with E-state index < -0.39 is 0 Å². The van der Waals surface area contributed by atoms with Gasteiger partial charge in [0.1, 0.15) is 5.82 Å². The van der Waals surface area contributed by atoms with Crippen molar-refractivity contribution in [2.75, 3.05) is 13.3 Å². The predicted octanol–water partition coefficient (Wildman–Crippen LogP) is 1.72. The molecule has 88 valence electrons. The maximum absolute atomic E-state index is 13.1. The monoisotopic (exact) mass is 241 g/mol. The molecule has 1 rings (SSSR count). The minimum atomic E-state index is -0.204. The maximum atomic E-state index is 13.1. The summed E-state index contributed by atoms with van der Waals surface area (Å²) in [4.78, 5) is 3.80. The molecule has 0 aliphatic rings. The minimum absolute atomic E-state index is 0.204. The van der Waals surface area contributed by atoms with Gasteiger partial charge in [0.15, 0.2) is 5.96 Å². The van der Waals surface area contributed by atoms with Gasteiger partial charge >= 0.3 is 0 Å². The quantitative estimate of drug-likeness (QED) is 0.623. The molecule has 0 aromatic heterocycles. The minimum Gasteiger partial charge on any atom is -0.370 e. The van der Waals surface area contributed by atoms with Gasteiger partial charge in [-0.2, -0.15) is 11.8 Å². The highest BCUT2D eigenvalue weighted by atomic mass is 32.2. The number of nitrogens with one attached hydrogen (secondary N) is 1. The van der Waals surface area contributed by atoms with Crippen LogP contribution in [0.25, 0.3) is 0 Å². The van der Waals surface area contributed by atoms with Gasteiger partial charge < -0.3 is 11.1 Å². The van der Waals surface area contributed by atoms with E-state index in [4.69, 9.17) is 5.73 Å². The zero-order valence-electron chi connectivity index (χ0n) is 9.46. The van der Waals surface area contributed by atoms with E-state index in [1.807, 2.05) is 6.26 Å². The van der Waals surface area contributed by atoms with Gasteiger partial charge in [0, 0.05) is 19.3 Å². The third-order valence-electron chi connectivity index (χ3n) is 2.17. The summed E-state index contributed by atoms with van der Waals surface area (Å²) in [5.41, 5.74) is 7.57. The Morgan fingerprint density at radius 2 is 2.25 bits per heavy atom. The van der Waals surface area contributed by atoms with E-state index in [2.05, 4.69) is 10.3 Å². The zero-order chi connectivity index (χ0) is 12.0. The molecule has 1 aromatic carbocycles. The van der Waals surface area contributed by atoms with Crippen molar-refractivity contribution in [1.82, 2.24) is 5.32 Å². The molecule has 0 aliphatic carbocycles. The van der Waals surface area contributed by atoms with Crippen LogP contribution in [-0.4, -0.2) is 19.3 Å². The zero-order valence-corrected chi connectivity index (χ0v) is 10.3. The third-order valence-corrected chi connectivity index (χ3v) is 2.77. The summed E-state index contributed by atoms with van der Waals surface area (Å²) in [6, 6.07) is 4.80. The van der Waals surface area contributed by atoms with Crippen molar-refractivity contribution in [2.45, 2.75) is 12.3 Å². The molecule has 0 aliphatic heterocycles. The van der Waals surface area contributed by atoms with Crippen molar-refractivity contribution in [1.29, 1.82) is 0 Å². The molecule has 0 fully saturated rings. The molecule has 1 aromatic rings. The van der Waals surface area contributed by atoms with Crippen molar-refractivity contribution in [3.8, 4) is 0 Å². The summed E-state index contributed by atoms with van der Waals surface area (Å²) in [5.74, 6) is 0.974. The Balaban J connectivity index is 2.77. The average Bonchev–Trinajstić information content (AvgIpc) is 2.28. The summed E-state index contributed by atoms with van der Waals surface area (Å²) in [7, 11) is 1.62. The van der Waals surface area contributed by atoms with Gasteiger partial charge in [-0.1, -0.05) is 6.07 Å². The number of hydrogen-bond donors (Lipinski definition) is 2. The van der Waals surface area contributed by atoms with Crippen molar-refractivity contribution in [2.24, 2.45) is 10.7 Å². The fraction of sp³-hybridized carbons (Fsp3) is 0.364. The molecule has 0 unspecified atom stereocenters. The van der Waals surface area contributed by atoms with Crippen LogP contribution < -0.4 is 11.1 Å². The number of rotatable bonds is 4. The molecule has 3 N–H and O–H groups in total. The summed E-state index contributed by atoms with van der Waals surface area (Å²) in [5, 5.41) is 2.96. The number of aliphatic imine (C=N–C) groups is 1. The Labute approximate surface area is 99.3 Å². The second-order valence-electron chi connectivity index (χ2n) is 3.31. The molecule has 0 radical (unpaired) electrons. The number of nitrogens with zero attached hydrogens (tertiary/aromatic N) is 1. The summed E-state index contributed by atoms with van der Waals surface area (Å²) in [6.45, 7) is 0.569. The highest BCUT2D eigenvalue weighted by Crippen LogP contribution is 2.16. The van der Waals surface area contributed by atoms with Crippen LogP contribution in [0.2, 0.25) is 0 Å². The van der Waals surface area contributed by atoms with E-state index >= 15 is 0 Å². The Kier molecular flexibility index (Phi) is 5.11. The van der Waals surface area contributed by atoms with Crippen LogP contribution in [0, 0.1) is 5.82 Å². The van der Waals surface area contributed by atoms with Crippen molar-refractivity contribution >= 4 is 17.7 Å². The molecule has 0 saturated carbocycles. The topological polar surface area (TPSA) is 50.4 Å². The van der Waals surface area contributed by atoms with Crippen LogP contribution in [-0.2, 0) is 12.3 Å². The van der Waals surface area contributed by atoms with Gasteiger partial charge in [-0.05, 0) is 29.5 Å². The first-order chi connectivity index (χ1) is 7.67. The summed E-state index contributed by atoms with van der Waals surface area (Å²) >= 11 is 1.66. The summed E-state index contributed by atoms with van der Waals surface area (Å²) < 4.78 is 13.1. The molecular formula is C11H16FN3S. The standard InChI is InChI=1S/C11H16FN3S/c1-14-11(13)15-6-8-3-4-10(12)5-9(8)7-16-2/h3-5H,6-7H2,1-2H3,(H3,13,14,15). The largest absolute Gasteiger partial charge is 0.370 e. The molecule has 3 nitrogen and oxygen atoms in total. The van der Waals surface area contributed by atoms with E-state index in [0.717, 1.165) is 16.9 Å². The molecule has 0 bridgehead atoms. The SMILES string of the molecule is CN=C(N)NCc1ccc(F)cc1CSC. The third kappa shape index (κ3) is 3.73. The Morgan fingerprint density at radius 3 is 2.88 bits per heavy atom. The molecule has 0 spiro atoms. The van der Waals surface area contributed by atoms with Crippen molar-refractivity contribution in [3.05, 3.63) is 35.1 Å². The van der Waals surface area contributed by atoms with Crippen LogP contribution >= 0.6 is 11.8 Å². The van der Waals surface area contributed by atoms with Crippen molar-refractivity contribution < 1.29 is 4.39 Å². The first kappa shape index (κ1) is 12.8. The lowest BCUT2D eigenvalue weighted by Gasteiger charge is -2.10. The number of halogens is 1. The van der Waals surface area contributed by atoms with Gasteiger partial charge in [0.2, 0.25) is 0 Å². The van der Waals surface area contributed by atoms with Crippen LogP contribution in [0.1, 0.15) is 11.1 Å². The lowest BCUT2D eigenvalue weighted by Crippen LogP contribution is -2.31. The van der Waals surface area contributed by atoms with E-state index in [0.29, 0.717) is 12.5 Å². The second-order valence-corrected chi connectivity index (χ2v) is 4.17. The molecule has 0 atom stereocenters. The van der Waals surface area contributed by atoms with E-state index in [9.17, 15) is 4.39 Å². The first-order valence-corrected chi connectivity index (χ1v) is 6.29. The maximum Gasteiger partial charge on any atom is 0.188 e. The number of thioether (sulfide) groups is 1. The predicted molar refractivity (Wildman–Crippen MR) is 68.0 cm³/mol. The second kappa shape index (κ2) is 6.37. The summed E-state index contributed by atoms with van der Waals surface area (Å²) in [6.07, 6.45) is 1.99.